The summed E-state index contributed by atoms with van der Waals surface area (Å²) in [6.07, 6.45) is 49.2. The smallest absolute Gasteiger partial charge is 0.0607 e. The highest BCUT2D eigenvalue weighted by atomic mass is 15.3. The van der Waals surface area contributed by atoms with Crippen molar-refractivity contribution in [3.63, 3.8) is 0 Å². The van der Waals surface area contributed by atoms with Gasteiger partial charge in [0.2, 0.25) is 0 Å². The second kappa shape index (κ2) is 15.5. The average molecular weight is 778 g/mol. The Labute approximate surface area is 350 Å². The Hall–Kier alpha value is -0.380. The van der Waals surface area contributed by atoms with Crippen LogP contribution in [0.25, 0.3) is 0 Å². The number of nitrogens with one attached hydrogen (secondary N) is 1. The molecule has 1 N–H and O–H groups in total. The third-order valence-electron chi connectivity index (χ3n) is 22.6. The molecule has 0 amide bonds. The van der Waals surface area contributed by atoms with Crippen LogP contribution in [0.15, 0.2) is 11.6 Å². The zero-order valence-electron chi connectivity index (χ0n) is 37.2. The number of allylic oxidation sites excluding steroid dienone is 1. The molecule has 18 unspecified atom stereocenters. The van der Waals surface area contributed by atoms with Crippen LogP contribution in [0.5, 0.6) is 0 Å². The maximum Gasteiger partial charge on any atom is 0.0607 e. The molecule has 0 bridgehead atoms. The molecule has 3 saturated heterocycles. The van der Waals surface area contributed by atoms with Crippen molar-refractivity contribution in [1.82, 2.24) is 15.1 Å². The van der Waals surface area contributed by atoms with E-state index in [0.29, 0.717) is 11.6 Å². The van der Waals surface area contributed by atoms with Gasteiger partial charge in [-0.15, -0.1) is 0 Å². The summed E-state index contributed by atoms with van der Waals surface area (Å²) in [6, 6.07) is 5.26. The van der Waals surface area contributed by atoms with Gasteiger partial charge in [-0.1, -0.05) is 103 Å². The average Bonchev–Trinajstić information content (AvgIpc) is 3.86. The van der Waals surface area contributed by atoms with Crippen molar-refractivity contribution in [2.45, 2.75) is 249 Å². The van der Waals surface area contributed by atoms with E-state index < -0.39 is 0 Å². The predicted molar refractivity (Wildman–Crippen MR) is 236 cm³/mol. The maximum absolute atomic E-state index is 4.63. The molecule has 0 radical (unpaired) electrons. The summed E-state index contributed by atoms with van der Waals surface area (Å²) in [5.74, 6) is 12.0. The Balaban J connectivity index is 0.767. The summed E-state index contributed by atoms with van der Waals surface area (Å²) in [6.45, 7) is 5.49. The van der Waals surface area contributed by atoms with Crippen LogP contribution < -0.4 is 5.32 Å². The Kier molecular flexibility index (Phi) is 10.4. The molecular weight excluding hydrogens is 691 g/mol. The standard InChI is InChI=1S/C54H87N3/c1-54(2)46-21-11-8-18-40(46)41-27-26-38(33-47(41)54)56-48-22-12-9-19-42(48)44-30-35(24-28-50(44)56)36-25-29-51-45(31-36)43-20-10-13-23-49(43)57(51)52-32-37-16-6-7-17-39(37)53(55-52)34-14-4-3-5-15-34/h24,34,36-53,55H,3-23,25-33H2,1-2H3. The summed E-state index contributed by atoms with van der Waals surface area (Å²) in [5, 5.41) is 4.63. The van der Waals surface area contributed by atoms with Crippen molar-refractivity contribution >= 4 is 0 Å². The second-order valence-electron chi connectivity index (χ2n) is 24.8. The molecule has 0 aromatic carbocycles. The molecule has 12 rings (SSSR count). The molecule has 11 fully saturated rings. The van der Waals surface area contributed by atoms with Gasteiger partial charge in [-0.3, -0.25) is 15.1 Å². The molecule has 3 heterocycles. The van der Waals surface area contributed by atoms with Gasteiger partial charge in [-0.05, 0) is 192 Å². The van der Waals surface area contributed by atoms with Gasteiger partial charge in [0, 0.05) is 36.3 Å². The molecule has 12 aliphatic rings. The fraction of sp³-hybridized carbons (Fsp3) is 0.963. The van der Waals surface area contributed by atoms with Crippen LogP contribution in [0.1, 0.15) is 206 Å². The molecule has 318 valence electrons. The van der Waals surface area contributed by atoms with E-state index >= 15 is 0 Å². The zero-order chi connectivity index (χ0) is 37.8. The summed E-state index contributed by atoms with van der Waals surface area (Å²) in [4.78, 5) is 6.64. The monoisotopic (exact) mass is 778 g/mol. The maximum atomic E-state index is 4.63. The first kappa shape index (κ1) is 38.3. The van der Waals surface area contributed by atoms with E-state index in [1.165, 1.54) is 141 Å². The van der Waals surface area contributed by atoms with Crippen LogP contribution in [-0.4, -0.2) is 52.2 Å². The summed E-state index contributed by atoms with van der Waals surface area (Å²) < 4.78 is 0. The van der Waals surface area contributed by atoms with Crippen molar-refractivity contribution < 1.29 is 0 Å². The van der Waals surface area contributed by atoms with Crippen molar-refractivity contribution in [1.29, 1.82) is 0 Å². The van der Waals surface area contributed by atoms with Gasteiger partial charge in [0.15, 0.2) is 0 Å². The lowest BCUT2D eigenvalue weighted by Crippen LogP contribution is -2.63. The number of fused-ring (bicyclic) bond motifs is 10. The summed E-state index contributed by atoms with van der Waals surface area (Å²) in [5.41, 5.74) is 2.57. The highest BCUT2D eigenvalue weighted by Crippen LogP contribution is 2.65. The van der Waals surface area contributed by atoms with Gasteiger partial charge in [-0.25, -0.2) is 0 Å². The van der Waals surface area contributed by atoms with Crippen LogP contribution in [0.3, 0.4) is 0 Å². The highest BCUT2D eigenvalue weighted by Gasteiger charge is 2.60. The van der Waals surface area contributed by atoms with Crippen molar-refractivity contribution in [3.8, 4) is 0 Å². The van der Waals surface area contributed by atoms with E-state index in [9.17, 15) is 0 Å². The number of nitrogens with zero attached hydrogens (tertiary/aromatic N) is 2. The lowest BCUT2D eigenvalue weighted by molar-refractivity contribution is -0.0266. The lowest BCUT2D eigenvalue weighted by Gasteiger charge is -2.53. The number of hydrogen-bond acceptors (Lipinski definition) is 3. The SMILES string of the molecule is CC1(C)C2CCCCC2C2CCC(N3C4CC=C(C5CCC6C(C5)C5CCCCC5N6C5CC6CCCCC6C(C6CCCCC6)N5)CC4C4CCCCC43)CC21. The van der Waals surface area contributed by atoms with Gasteiger partial charge in [0.1, 0.15) is 0 Å². The molecule has 9 aliphatic carbocycles. The first-order valence-electron chi connectivity index (χ1n) is 27.0. The molecule has 3 nitrogen and oxygen atoms in total. The van der Waals surface area contributed by atoms with Gasteiger partial charge in [0.25, 0.3) is 0 Å². The van der Waals surface area contributed by atoms with E-state index in [4.69, 9.17) is 0 Å². The van der Waals surface area contributed by atoms with Crippen molar-refractivity contribution in [3.05, 3.63) is 11.6 Å². The van der Waals surface area contributed by atoms with E-state index in [-0.39, 0.29) is 0 Å². The van der Waals surface area contributed by atoms with Crippen LogP contribution in [0.2, 0.25) is 0 Å². The van der Waals surface area contributed by atoms with Gasteiger partial charge >= 0.3 is 0 Å². The zero-order valence-corrected chi connectivity index (χ0v) is 37.2. The quantitative estimate of drug-likeness (QED) is 0.287. The molecular formula is C54H87N3. The van der Waals surface area contributed by atoms with Crippen molar-refractivity contribution in [2.75, 3.05) is 0 Å². The third-order valence-corrected chi connectivity index (χ3v) is 22.6. The minimum atomic E-state index is 0.577. The predicted octanol–water partition coefficient (Wildman–Crippen LogP) is 12.9. The first-order chi connectivity index (χ1) is 28.0. The molecule has 57 heavy (non-hydrogen) atoms. The van der Waals surface area contributed by atoms with Gasteiger partial charge in [0.05, 0.1) is 6.17 Å². The summed E-state index contributed by atoms with van der Waals surface area (Å²) >= 11 is 0. The Morgan fingerprint density at radius 2 is 1.11 bits per heavy atom. The van der Waals surface area contributed by atoms with E-state index in [2.05, 4.69) is 35.0 Å². The van der Waals surface area contributed by atoms with Crippen LogP contribution in [-0.2, 0) is 0 Å². The second-order valence-corrected chi connectivity index (χ2v) is 24.8. The number of likely N-dealkylation sites (tertiary alicyclic amines) is 2. The van der Waals surface area contributed by atoms with Crippen LogP contribution in [0, 0.1) is 76.4 Å². The molecule has 0 aromatic rings. The van der Waals surface area contributed by atoms with E-state index in [1.807, 2.05) is 5.57 Å². The van der Waals surface area contributed by atoms with Gasteiger partial charge < -0.3 is 0 Å². The third kappa shape index (κ3) is 6.36. The molecule has 3 aliphatic heterocycles. The fourth-order valence-electron chi connectivity index (χ4n) is 20.5. The number of rotatable bonds is 4. The molecule has 0 spiro atoms. The normalized spacial score (nSPS) is 52.7. The number of hydrogen-bond donors (Lipinski definition) is 1. The van der Waals surface area contributed by atoms with Gasteiger partial charge in [-0.2, -0.15) is 0 Å². The Morgan fingerprint density at radius 3 is 1.93 bits per heavy atom. The summed E-state index contributed by atoms with van der Waals surface area (Å²) in [7, 11) is 0. The van der Waals surface area contributed by atoms with E-state index in [1.54, 1.807) is 51.4 Å². The minimum absolute atomic E-state index is 0.577. The van der Waals surface area contributed by atoms with Crippen LogP contribution >= 0.6 is 0 Å². The number of piperidine rings is 1. The highest BCUT2D eigenvalue weighted by molar-refractivity contribution is 5.22. The lowest BCUT2D eigenvalue weighted by atomic mass is 9.65. The molecule has 18 atom stereocenters. The van der Waals surface area contributed by atoms with Crippen LogP contribution in [0.4, 0.5) is 0 Å². The van der Waals surface area contributed by atoms with E-state index in [0.717, 1.165) is 107 Å². The first-order valence-corrected chi connectivity index (χ1v) is 27.0. The molecule has 0 aromatic heterocycles. The topological polar surface area (TPSA) is 18.5 Å². The largest absolute Gasteiger partial charge is 0.298 e. The fourth-order valence-corrected chi connectivity index (χ4v) is 20.5. The minimum Gasteiger partial charge on any atom is -0.298 e. The molecule has 8 saturated carbocycles. The Bertz CT molecular complexity index is 1460. The molecule has 3 heteroatoms. The van der Waals surface area contributed by atoms with Crippen molar-refractivity contribution in [2.24, 2.45) is 76.4 Å². The Morgan fingerprint density at radius 1 is 0.474 bits per heavy atom.